The van der Waals surface area contributed by atoms with Crippen molar-refractivity contribution in [2.75, 3.05) is 0 Å². The smallest absolute Gasteiger partial charge is 0.263 e. The maximum absolute atomic E-state index is 11.7. The molecule has 4 nitrogen and oxygen atoms in total. The summed E-state index contributed by atoms with van der Waals surface area (Å²) >= 11 is 6.20. The molecule has 0 aliphatic carbocycles. The average Bonchev–Trinajstić information content (AvgIpc) is 3.14. The maximum atomic E-state index is 11.7. The molecule has 1 amide bonds. The second kappa shape index (κ2) is 6.69. The van der Waals surface area contributed by atoms with Crippen LogP contribution in [0.25, 0.3) is 17.4 Å². The Kier molecular flexibility index (Phi) is 4.75. The van der Waals surface area contributed by atoms with Gasteiger partial charge in [-0.15, -0.1) is 0 Å². The number of thiocarbonyl (C=S) groups is 1. The SMILES string of the molecule is CCC(C)(C)c1cc(-c2ccc(/C=C3/SC(=S)NC3=O)o2)ccc1O. The molecule has 25 heavy (non-hydrogen) atoms. The lowest BCUT2D eigenvalue weighted by Gasteiger charge is -2.24. The maximum Gasteiger partial charge on any atom is 0.263 e. The summed E-state index contributed by atoms with van der Waals surface area (Å²) in [6.45, 7) is 6.29. The van der Waals surface area contributed by atoms with Gasteiger partial charge in [-0.1, -0.05) is 44.8 Å². The van der Waals surface area contributed by atoms with Crippen LogP contribution < -0.4 is 5.32 Å². The Morgan fingerprint density at radius 3 is 2.72 bits per heavy atom. The minimum absolute atomic E-state index is 0.133. The molecule has 6 heteroatoms. The van der Waals surface area contributed by atoms with Crippen LogP contribution in [0.5, 0.6) is 5.75 Å². The van der Waals surface area contributed by atoms with E-state index in [0.29, 0.717) is 20.7 Å². The number of carbonyl (C=O) groups is 1. The molecule has 2 heterocycles. The summed E-state index contributed by atoms with van der Waals surface area (Å²) in [4.78, 5) is 12.3. The molecule has 0 saturated carbocycles. The fourth-order valence-corrected chi connectivity index (χ4v) is 3.58. The molecule has 0 unspecified atom stereocenters. The number of carbonyl (C=O) groups excluding carboxylic acids is 1. The molecule has 0 spiro atoms. The Morgan fingerprint density at radius 1 is 1.32 bits per heavy atom. The highest BCUT2D eigenvalue weighted by atomic mass is 32.2. The van der Waals surface area contributed by atoms with Crippen LogP contribution in [0, 0.1) is 0 Å². The molecule has 1 aromatic heterocycles. The zero-order valence-corrected chi connectivity index (χ0v) is 15.9. The molecule has 3 rings (SSSR count). The number of furan rings is 1. The molecular weight excluding hydrogens is 354 g/mol. The first-order valence-corrected chi connectivity index (χ1v) is 9.21. The van der Waals surface area contributed by atoms with Crippen LogP contribution in [-0.2, 0) is 10.2 Å². The predicted molar refractivity (Wildman–Crippen MR) is 105 cm³/mol. The summed E-state index contributed by atoms with van der Waals surface area (Å²) < 4.78 is 6.31. The van der Waals surface area contributed by atoms with Crippen molar-refractivity contribution >= 4 is 40.3 Å². The summed E-state index contributed by atoms with van der Waals surface area (Å²) in [5.41, 5.74) is 1.64. The molecule has 2 aromatic rings. The van der Waals surface area contributed by atoms with E-state index in [4.69, 9.17) is 16.6 Å². The average molecular weight is 373 g/mol. The van der Waals surface area contributed by atoms with Gasteiger partial charge in [-0.25, -0.2) is 0 Å². The first-order chi connectivity index (χ1) is 11.8. The zero-order valence-electron chi connectivity index (χ0n) is 14.3. The third-order valence-electron chi connectivity index (χ3n) is 4.44. The third kappa shape index (κ3) is 3.65. The molecule has 1 aliphatic heterocycles. The second-order valence-electron chi connectivity index (χ2n) is 6.52. The van der Waals surface area contributed by atoms with Crippen molar-refractivity contribution in [2.24, 2.45) is 0 Å². The Balaban J connectivity index is 1.93. The van der Waals surface area contributed by atoms with Gasteiger partial charge in [0, 0.05) is 17.2 Å². The fraction of sp³-hybridized carbons (Fsp3) is 0.263. The summed E-state index contributed by atoms with van der Waals surface area (Å²) in [7, 11) is 0. The fourth-order valence-electron chi connectivity index (χ4n) is 2.56. The Hall–Kier alpha value is -2.05. The topological polar surface area (TPSA) is 62.5 Å². The number of benzene rings is 1. The Bertz CT molecular complexity index is 881. The largest absolute Gasteiger partial charge is 0.508 e. The lowest BCUT2D eigenvalue weighted by molar-refractivity contribution is -0.115. The minimum Gasteiger partial charge on any atom is -0.508 e. The molecule has 1 saturated heterocycles. The molecule has 1 aromatic carbocycles. The third-order valence-corrected chi connectivity index (χ3v) is 5.60. The standard InChI is InChI=1S/C19H19NO3S2/c1-4-19(2,3)13-9-11(5-7-14(13)21)15-8-6-12(23-15)10-16-17(22)20-18(24)25-16/h5-10,21H,4H2,1-3H3,(H,20,22,24)/b16-10+. The summed E-state index contributed by atoms with van der Waals surface area (Å²) in [6.07, 6.45) is 2.59. The van der Waals surface area contributed by atoms with Crippen molar-refractivity contribution in [3.8, 4) is 17.1 Å². The van der Waals surface area contributed by atoms with Gasteiger partial charge in [0.2, 0.25) is 0 Å². The molecule has 2 N–H and O–H groups in total. The summed E-state index contributed by atoms with van der Waals surface area (Å²) in [5.74, 6) is 1.36. The van der Waals surface area contributed by atoms with Gasteiger partial charge in [-0.3, -0.25) is 4.79 Å². The van der Waals surface area contributed by atoms with E-state index in [0.717, 1.165) is 17.5 Å². The zero-order chi connectivity index (χ0) is 18.2. The number of phenols is 1. The molecule has 130 valence electrons. The Morgan fingerprint density at radius 2 is 2.08 bits per heavy atom. The van der Waals surface area contributed by atoms with Crippen molar-refractivity contribution in [3.63, 3.8) is 0 Å². The van der Waals surface area contributed by atoms with Crippen molar-refractivity contribution in [1.82, 2.24) is 5.32 Å². The number of hydrogen-bond acceptors (Lipinski definition) is 5. The van der Waals surface area contributed by atoms with Crippen LogP contribution in [0.1, 0.15) is 38.5 Å². The van der Waals surface area contributed by atoms with Gasteiger partial charge >= 0.3 is 0 Å². The van der Waals surface area contributed by atoms with Crippen LogP contribution in [0.3, 0.4) is 0 Å². The van der Waals surface area contributed by atoms with Crippen LogP contribution in [-0.4, -0.2) is 15.3 Å². The van der Waals surface area contributed by atoms with Gasteiger partial charge < -0.3 is 14.8 Å². The van der Waals surface area contributed by atoms with E-state index in [9.17, 15) is 9.90 Å². The van der Waals surface area contributed by atoms with Gasteiger partial charge in [0.05, 0.1) is 4.91 Å². The van der Waals surface area contributed by atoms with Gasteiger partial charge in [0.25, 0.3) is 5.91 Å². The van der Waals surface area contributed by atoms with Crippen molar-refractivity contribution < 1.29 is 14.3 Å². The van der Waals surface area contributed by atoms with Crippen LogP contribution in [0.4, 0.5) is 0 Å². The first-order valence-electron chi connectivity index (χ1n) is 7.99. The highest BCUT2D eigenvalue weighted by molar-refractivity contribution is 8.26. The molecule has 1 fully saturated rings. The van der Waals surface area contributed by atoms with Gasteiger partial charge in [0.1, 0.15) is 21.6 Å². The van der Waals surface area contributed by atoms with E-state index in [1.807, 2.05) is 24.3 Å². The second-order valence-corrected chi connectivity index (χ2v) is 8.24. The number of thioether (sulfide) groups is 1. The van der Waals surface area contributed by atoms with Crippen molar-refractivity contribution in [3.05, 3.63) is 46.6 Å². The monoisotopic (exact) mass is 373 g/mol. The first kappa shape index (κ1) is 17.8. The molecular formula is C19H19NO3S2. The Labute approximate surface area is 156 Å². The molecule has 0 radical (unpaired) electrons. The minimum atomic E-state index is -0.204. The summed E-state index contributed by atoms with van der Waals surface area (Å²) in [6, 6.07) is 9.15. The lowest BCUT2D eigenvalue weighted by atomic mass is 9.81. The number of rotatable bonds is 4. The molecule has 0 bridgehead atoms. The van der Waals surface area contributed by atoms with E-state index < -0.39 is 0 Å². The van der Waals surface area contributed by atoms with Crippen molar-refractivity contribution in [1.29, 1.82) is 0 Å². The number of amides is 1. The quantitative estimate of drug-likeness (QED) is 0.594. The van der Waals surface area contributed by atoms with E-state index in [2.05, 4.69) is 26.1 Å². The van der Waals surface area contributed by atoms with Crippen LogP contribution >= 0.6 is 24.0 Å². The highest BCUT2D eigenvalue weighted by Gasteiger charge is 2.24. The lowest BCUT2D eigenvalue weighted by Crippen LogP contribution is -2.17. The predicted octanol–water partition coefficient (Wildman–Crippen LogP) is 4.83. The number of phenolic OH excluding ortho intramolecular Hbond substituents is 1. The number of nitrogens with one attached hydrogen (secondary N) is 1. The van der Waals surface area contributed by atoms with E-state index >= 15 is 0 Å². The van der Waals surface area contributed by atoms with Gasteiger partial charge in [-0.2, -0.15) is 0 Å². The van der Waals surface area contributed by atoms with E-state index in [1.165, 1.54) is 11.8 Å². The van der Waals surface area contributed by atoms with Crippen LogP contribution in [0.15, 0.2) is 39.7 Å². The van der Waals surface area contributed by atoms with Crippen LogP contribution in [0.2, 0.25) is 0 Å². The van der Waals surface area contributed by atoms with Crippen molar-refractivity contribution in [2.45, 2.75) is 32.6 Å². The van der Waals surface area contributed by atoms with Gasteiger partial charge in [-0.05, 0) is 42.2 Å². The molecule has 1 aliphatic rings. The van der Waals surface area contributed by atoms with E-state index in [1.54, 1.807) is 12.1 Å². The molecule has 0 atom stereocenters. The normalized spacial score (nSPS) is 16.5. The van der Waals surface area contributed by atoms with E-state index in [-0.39, 0.29) is 17.1 Å². The number of aromatic hydroxyl groups is 1. The number of hydrogen-bond donors (Lipinski definition) is 2. The highest BCUT2D eigenvalue weighted by Crippen LogP contribution is 2.37. The van der Waals surface area contributed by atoms with Gasteiger partial charge in [0.15, 0.2) is 0 Å². The summed E-state index contributed by atoms with van der Waals surface area (Å²) in [5, 5.41) is 12.8.